The third-order valence-corrected chi connectivity index (χ3v) is 4.17. The van der Waals surface area contributed by atoms with Crippen LogP contribution < -0.4 is 5.32 Å². The molecule has 0 spiro atoms. The van der Waals surface area contributed by atoms with Gasteiger partial charge in [-0.15, -0.1) is 11.8 Å². The lowest BCUT2D eigenvalue weighted by molar-refractivity contribution is -0.123. The van der Waals surface area contributed by atoms with Crippen molar-refractivity contribution in [1.82, 2.24) is 5.32 Å². The first-order chi connectivity index (χ1) is 9.19. The fraction of sp³-hybridized carbons (Fsp3) is 0.533. The molecule has 1 saturated heterocycles. The van der Waals surface area contributed by atoms with Crippen molar-refractivity contribution in [2.75, 3.05) is 12.9 Å². The largest absolute Gasteiger partial charge is 0.378 e. The van der Waals surface area contributed by atoms with Crippen molar-refractivity contribution >= 4 is 17.7 Å². The zero-order valence-corrected chi connectivity index (χ0v) is 12.3. The van der Waals surface area contributed by atoms with Crippen LogP contribution in [0.3, 0.4) is 0 Å². The van der Waals surface area contributed by atoms with Gasteiger partial charge in [0.2, 0.25) is 5.91 Å². The molecule has 1 aliphatic rings. The van der Waals surface area contributed by atoms with E-state index < -0.39 is 0 Å². The normalized spacial score (nSPS) is 20.2. The molecule has 0 aromatic heterocycles. The van der Waals surface area contributed by atoms with Gasteiger partial charge in [0.15, 0.2) is 0 Å². The van der Waals surface area contributed by atoms with Gasteiger partial charge in [0.05, 0.1) is 18.6 Å². The molecule has 1 aliphatic heterocycles. The topological polar surface area (TPSA) is 38.3 Å². The molecule has 3 nitrogen and oxygen atoms in total. The predicted octanol–water partition coefficient (Wildman–Crippen LogP) is 3.15. The first kappa shape index (κ1) is 14.4. The maximum Gasteiger partial charge on any atom is 0.223 e. The lowest BCUT2D eigenvalue weighted by Crippen LogP contribution is -2.29. The Morgan fingerprint density at radius 2 is 2.21 bits per heavy atom. The molecule has 1 heterocycles. The monoisotopic (exact) mass is 279 g/mol. The SMILES string of the molecule is CSc1ccc(C(C)NC(=O)CC2CCCO2)cc1. The molecule has 2 unspecified atom stereocenters. The van der Waals surface area contributed by atoms with Crippen LogP contribution in [0, 0.1) is 0 Å². The number of hydrogen-bond donors (Lipinski definition) is 1. The zero-order chi connectivity index (χ0) is 13.7. The molecule has 0 bridgehead atoms. The van der Waals surface area contributed by atoms with Crippen molar-refractivity contribution in [3.8, 4) is 0 Å². The van der Waals surface area contributed by atoms with Crippen molar-refractivity contribution in [1.29, 1.82) is 0 Å². The van der Waals surface area contributed by atoms with Gasteiger partial charge in [-0.25, -0.2) is 0 Å². The Hall–Kier alpha value is -1.00. The third kappa shape index (κ3) is 4.25. The molecule has 4 heteroatoms. The Morgan fingerprint density at radius 1 is 1.47 bits per heavy atom. The molecular formula is C15H21NO2S. The van der Waals surface area contributed by atoms with Gasteiger partial charge in [0.25, 0.3) is 0 Å². The van der Waals surface area contributed by atoms with E-state index in [2.05, 4.69) is 35.8 Å². The molecule has 0 radical (unpaired) electrons. The highest BCUT2D eigenvalue weighted by Crippen LogP contribution is 2.20. The summed E-state index contributed by atoms with van der Waals surface area (Å²) in [5, 5.41) is 3.03. The van der Waals surface area contributed by atoms with Gasteiger partial charge in [-0.3, -0.25) is 4.79 Å². The number of hydrogen-bond acceptors (Lipinski definition) is 3. The van der Waals surface area contributed by atoms with E-state index in [0.717, 1.165) is 25.0 Å². The summed E-state index contributed by atoms with van der Waals surface area (Å²) in [6.07, 6.45) is 4.73. The number of nitrogens with one attached hydrogen (secondary N) is 1. The van der Waals surface area contributed by atoms with Gasteiger partial charge in [0, 0.05) is 11.5 Å². The summed E-state index contributed by atoms with van der Waals surface area (Å²) in [4.78, 5) is 13.1. The highest BCUT2D eigenvalue weighted by Gasteiger charge is 2.20. The Morgan fingerprint density at radius 3 is 2.79 bits per heavy atom. The van der Waals surface area contributed by atoms with Gasteiger partial charge >= 0.3 is 0 Å². The predicted molar refractivity (Wildman–Crippen MR) is 78.4 cm³/mol. The van der Waals surface area contributed by atoms with Crippen LogP contribution in [-0.2, 0) is 9.53 Å². The molecule has 19 heavy (non-hydrogen) atoms. The van der Waals surface area contributed by atoms with E-state index in [1.807, 2.05) is 6.92 Å². The number of amides is 1. The van der Waals surface area contributed by atoms with Crippen molar-refractivity contribution in [3.63, 3.8) is 0 Å². The first-order valence-corrected chi connectivity index (χ1v) is 7.96. The second-order valence-corrected chi connectivity index (χ2v) is 5.78. The zero-order valence-electron chi connectivity index (χ0n) is 11.5. The van der Waals surface area contributed by atoms with Crippen LogP contribution in [0.5, 0.6) is 0 Å². The summed E-state index contributed by atoms with van der Waals surface area (Å²) in [5.74, 6) is 0.0772. The van der Waals surface area contributed by atoms with Crippen LogP contribution in [0.25, 0.3) is 0 Å². The van der Waals surface area contributed by atoms with E-state index in [1.165, 1.54) is 4.90 Å². The molecule has 104 valence electrons. The minimum Gasteiger partial charge on any atom is -0.378 e. The number of rotatable bonds is 5. The molecule has 0 saturated carbocycles. The van der Waals surface area contributed by atoms with Crippen LogP contribution in [-0.4, -0.2) is 24.9 Å². The van der Waals surface area contributed by atoms with Crippen LogP contribution in [0.4, 0.5) is 0 Å². The maximum absolute atomic E-state index is 11.9. The molecule has 2 rings (SSSR count). The summed E-state index contributed by atoms with van der Waals surface area (Å²) in [5.41, 5.74) is 1.14. The fourth-order valence-corrected chi connectivity index (χ4v) is 2.70. The minimum absolute atomic E-state index is 0.0461. The second kappa shape index (κ2) is 6.96. The van der Waals surface area contributed by atoms with Gasteiger partial charge in [-0.1, -0.05) is 12.1 Å². The van der Waals surface area contributed by atoms with Crippen molar-refractivity contribution < 1.29 is 9.53 Å². The smallest absolute Gasteiger partial charge is 0.223 e. The van der Waals surface area contributed by atoms with E-state index in [1.54, 1.807) is 11.8 Å². The molecule has 1 N–H and O–H groups in total. The minimum atomic E-state index is 0.0461. The molecule has 2 atom stereocenters. The number of thioether (sulfide) groups is 1. The first-order valence-electron chi connectivity index (χ1n) is 6.74. The van der Waals surface area contributed by atoms with Crippen molar-refractivity contribution in [3.05, 3.63) is 29.8 Å². The van der Waals surface area contributed by atoms with Crippen LogP contribution >= 0.6 is 11.8 Å². The van der Waals surface area contributed by atoms with Crippen molar-refractivity contribution in [2.45, 2.75) is 43.2 Å². The Kier molecular flexibility index (Phi) is 5.28. The lowest BCUT2D eigenvalue weighted by Gasteiger charge is -2.16. The Balaban J connectivity index is 1.84. The summed E-state index contributed by atoms with van der Waals surface area (Å²) in [7, 11) is 0. The second-order valence-electron chi connectivity index (χ2n) is 4.90. The average Bonchev–Trinajstić information content (AvgIpc) is 2.91. The number of carbonyl (C=O) groups is 1. The molecule has 1 fully saturated rings. The molecule has 0 aliphatic carbocycles. The van der Waals surface area contributed by atoms with Gasteiger partial charge in [-0.2, -0.15) is 0 Å². The molecular weight excluding hydrogens is 258 g/mol. The van der Waals surface area contributed by atoms with E-state index in [9.17, 15) is 4.79 Å². The van der Waals surface area contributed by atoms with Crippen molar-refractivity contribution in [2.24, 2.45) is 0 Å². The van der Waals surface area contributed by atoms with E-state index >= 15 is 0 Å². The van der Waals surface area contributed by atoms with Gasteiger partial charge < -0.3 is 10.1 Å². The summed E-state index contributed by atoms with van der Waals surface area (Å²) >= 11 is 1.72. The average molecular weight is 279 g/mol. The third-order valence-electron chi connectivity index (χ3n) is 3.43. The molecule has 1 aromatic rings. The highest BCUT2D eigenvalue weighted by atomic mass is 32.2. The number of ether oxygens (including phenoxy) is 1. The van der Waals surface area contributed by atoms with Crippen LogP contribution in [0.15, 0.2) is 29.2 Å². The maximum atomic E-state index is 11.9. The highest BCUT2D eigenvalue weighted by molar-refractivity contribution is 7.98. The van der Waals surface area contributed by atoms with Gasteiger partial charge in [0.1, 0.15) is 0 Å². The summed E-state index contributed by atoms with van der Waals surface area (Å²) in [6, 6.07) is 8.36. The van der Waals surface area contributed by atoms with E-state index in [0.29, 0.717) is 6.42 Å². The molecule has 1 aromatic carbocycles. The van der Waals surface area contributed by atoms with Crippen LogP contribution in [0.2, 0.25) is 0 Å². The number of benzene rings is 1. The van der Waals surface area contributed by atoms with E-state index in [4.69, 9.17) is 4.74 Å². The standard InChI is InChI=1S/C15H21NO2S/c1-11(12-5-7-14(19-2)8-6-12)16-15(17)10-13-4-3-9-18-13/h5-8,11,13H,3-4,9-10H2,1-2H3,(H,16,17). The molecule has 1 amide bonds. The fourth-order valence-electron chi connectivity index (χ4n) is 2.29. The van der Waals surface area contributed by atoms with E-state index in [-0.39, 0.29) is 18.1 Å². The quantitative estimate of drug-likeness (QED) is 0.841. The lowest BCUT2D eigenvalue weighted by atomic mass is 10.1. The van der Waals surface area contributed by atoms with Gasteiger partial charge in [-0.05, 0) is 43.7 Å². The number of carbonyl (C=O) groups excluding carboxylic acids is 1. The van der Waals surface area contributed by atoms with Crippen LogP contribution in [0.1, 0.15) is 37.8 Å². The Bertz CT molecular complexity index is 413. The summed E-state index contributed by atoms with van der Waals surface area (Å²) < 4.78 is 5.48. The summed E-state index contributed by atoms with van der Waals surface area (Å²) in [6.45, 7) is 2.81. The Labute approximate surface area is 119 Å².